The first-order chi connectivity index (χ1) is 7.25. The molecule has 2 N–H and O–H groups in total. The Morgan fingerprint density at radius 2 is 1.69 bits per heavy atom. The Kier molecular flexibility index (Phi) is 4.24. The lowest BCUT2D eigenvalue weighted by atomic mass is 9.83. The average molecular weight is 263 g/mol. The highest BCUT2D eigenvalue weighted by molar-refractivity contribution is 6.42. The Labute approximate surface area is 106 Å². The number of rotatable bonds is 2. The first kappa shape index (κ1) is 13.8. The molecule has 0 aliphatic rings. The molecule has 1 rings (SSSR count). The van der Waals surface area contributed by atoms with Crippen LogP contribution >= 0.6 is 23.2 Å². The van der Waals surface area contributed by atoms with Gasteiger partial charge in [0, 0.05) is 5.56 Å². The van der Waals surface area contributed by atoms with Crippen molar-refractivity contribution in [2.24, 2.45) is 5.41 Å². The Balaban J connectivity index is 3.06. The molecular formula is C12H16Cl2O2. The van der Waals surface area contributed by atoms with Gasteiger partial charge in [0.05, 0.1) is 16.1 Å². The Morgan fingerprint density at radius 3 is 2.19 bits per heavy atom. The van der Waals surface area contributed by atoms with Crippen LogP contribution in [0.15, 0.2) is 18.2 Å². The second-order valence-corrected chi connectivity index (χ2v) is 5.68. The van der Waals surface area contributed by atoms with E-state index in [1.54, 1.807) is 18.2 Å². The van der Waals surface area contributed by atoms with Crippen LogP contribution in [-0.2, 0) is 0 Å². The Hall–Kier alpha value is -0.280. The highest BCUT2D eigenvalue weighted by Gasteiger charge is 2.31. The van der Waals surface area contributed by atoms with E-state index in [0.717, 1.165) is 0 Å². The molecule has 0 aliphatic carbocycles. The van der Waals surface area contributed by atoms with Gasteiger partial charge in [-0.3, -0.25) is 0 Å². The van der Waals surface area contributed by atoms with E-state index in [9.17, 15) is 10.2 Å². The van der Waals surface area contributed by atoms with Gasteiger partial charge in [0.1, 0.15) is 6.10 Å². The molecule has 4 heteroatoms. The van der Waals surface area contributed by atoms with E-state index in [-0.39, 0.29) is 0 Å². The third-order valence-electron chi connectivity index (χ3n) is 2.49. The topological polar surface area (TPSA) is 40.5 Å². The highest BCUT2D eigenvalue weighted by atomic mass is 35.5. The monoisotopic (exact) mass is 262 g/mol. The molecule has 0 radical (unpaired) electrons. The largest absolute Gasteiger partial charge is 0.390 e. The van der Waals surface area contributed by atoms with E-state index in [4.69, 9.17) is 23.2 Å². The fourth-order valence-corrected chi connectivity index (χ4v) is 1.81. The van der Waals surface area contributed by atoms with E-state index in [2.05, 4.69) is 0 Å². The van der Waals surface area contributed by atoms with Crippen LogP contribution in [0, 0.1) is 5.41 Å². The molecule has 90 valence electrons. The van der Waals surface area contributed by atoms with Crippen LogP contribution in [0.25, 0.3) is 0 Å². The summed E-state index contributed by atoms with van der Waals surface area (Å²) in [6, 6.07) is 5.00. The van der Waals surface area contributed by atoms with Gasteiger partial charge in [-0.25, -0.2) is 0 Å². The zero-order chi connectivity index (χ0) is 12.5. The minimum absolute atomic E-state index is 0.292. The number of halogens is 2. The van der Waals surface area contributed by atoms with E-state index >= 15 is 0 Å². The summed E-state index contributed by atoms with van der Waals surface area (Å²) in [4.78, 5) is 0. The zero-order valence-corrected chi connectivity index (χ0v) is 11.0. The normalized spacial score (nSPS) is 15.9. The van der Waals surface area contributed by atoms with Gasteiger partial charge < -0.3 is 10.2 Å². The molecule has 0 spiro atoms. The summed E-state index contributed by atoms with van der Waals surface area (Å²) < 4.78 is 0. The van der Waals surface area contributed by atoms with Crippen molar-refractivity contribution in [3.63, 3.8) is 0 Å². The lowest BCUT2D eigenvalue weighted by Gasteiger charge is -2.30. The van der Waals surface area contributed by atoms with Crippen LogP contribution in [0.3, 0.4) is 0 Å². The van der Waals surface area contributed by atoms with Crippen molar-refractivity contribution in [2.75, 3.05) is 0 Å². The molecule has 0 saturated carbocycles. The molecule has 2 nitrogen and oxygen atoms in total. The summed E-state index contributed by atoms with van der Waals surface area (Å²) in [6.07, 6.45) is -1.94. The van der Waals surface area contributed by atoms with Crippen LogP contribution in [0.1, 0.15) is 32.4 Å². The predicted molar refractivity (Wildman–Crippen MR) is 66.9 cm³/mol. The van der Waals surface area contributed by atoms with Crippen molar-refractivity contribution < 1.29 is 10.2 Å². The quantitative estimate of drug-likeness (QED) is 0.858. The smallest absolute Gasteiger partial charge is 0.107 e. The molecule has 1 aromatic rings. The van der Waals surface area contributed by atoms with E-state index < -0.39 is 17.6 Å². The van der Waals surface area contributed by atoms with Gasteiger partial charge in [-0.15, -0.1) is 0 Å². The van der Waals surface area contributed by atoms with Gasteiger partial charge in [-0.2, -0.15) is 0 Å². The number of hydrogen-bond donors (Lipinski definition) is 2. The SMILES string of the molecule is CC(C)(C)C(O)C(O)c1cccc(Cl)c1Cl. The van der Waals surface area contributed by atoms with Crippen molar-refractivity contribution in [3.8, 4) is 0 Å². The van der Waals surface area contributed by atoms with Crippen LogP contribution in [-0.4, -0.2) is 16.3 Å². The van der Waals surface area contributed by atoms with Crippen molar-refractivity contribution in [1.29, 1.82) is 0 Å². The highest BCUT2D eigenvalue weighted by Crippen LogP contribution is 2.35. The molecule has 0 aliphatic heterocycles. The predicted octanol–water partition coefficient (Wildman–Crippen LogP) is 3.43. The maximum absolute atomic E-state index is 10.0. The molecule has 0 amide bonds. The van der Waals surface area contributed by atoms with Crippen molar-refractivity contribution >= 4 is 23.2 Å². The van der Waals surface area contributed by atoms with E-state index in [0.29, 0.717) is 15.6 Å². The van der Waals surface area contributed by atoms with Crippen LogP contribution in [0.5, 0.6) is 0 Å². The number of aliphatic hydroxyl groups excluding tert-OH is 2. The van der Waals surface area contributed by atoms with Gasteiger partial charge in [0.2, 0.25) is 0 Å². The summed E-state index contributed by atoms with van der Waals surface area (Å²) in [6.45, 7) is 5.54. The fraction of sp³-hybridized carbons (Fsp3) is 0.500. The molecular weight excluding hydrogens is 247 g/mol. The summed E-state index contributed by atoms with van der Waals surface area (Å²) in [5, 5.41) is 20.7. The molecule has 0 saturated heterocycles. The standard InChI is InChI=1S/C12H16Cl2O2/c1-12(2,3)11(16)10(15)7-5-4-6-8(13)9(7)14/h4-6,10-11,15-16H,1-3H3. The fourth-order valence-electron chi connectivity index (χ4n) is 1.39. The molecule has 2 atom stereocenters. The van der Waals surface area contributed by atoms with Crippen LogP contribution in [0.2, 0.25) is 10.0 Å². The second-order valence-electron chi connectivity index (χ2n) is 4.90. The average Bonchev–Trinajstić information content (AvgIpc) is 2.18. The van der Waals surface area contributed by atoms with Crippen molar-refractivity contribution in [2.45, 2.75) is 33.0 Å². The summed E-state index contributed by atoms with van der Waals surface area (Å²) >= 11 is 11.8. The first-order valence-corrected chi connectivity index (χ1v) is 5.80. The first-order valence-electron chi connectivity index (χ1n) is 5.05. The van der Waals surface area contributed by atoms with Crippen molar-refractivity contribution in [3.05, 3.63) is 33.8 Å². The minimum atomic E-state index is -1.04. The molecule has 0 bridgehead atoms. The Morgan fingerprint density at radius 1 is 1.12 bits per heavy atom. The number of hydrogen-bond acceptors (Lipinski definition) is 2. The molecule has 0 fully saturated rings. The van der Waals surface area contributed by atoms with Gasteiger partial charge in [-0.05, 0) is 11.5 Å². The van der Waals surface area contributed by atoms with Crippen molar-refractivity contribution in [1.82, 2.24) is 0 Å². The summed E-state index contributed by atoms with van der Waals surface area (Å²) in [5.74, 6) is 0. The number of benzene rings is 1. The third-order valence-corrected chi connectivity index (χ3v) is 3.32. The van der Waals surface area contributed by atoms with Gasteiger partial charge in [0.15, 0.2) is 0 Å². The maximum Gasteiger partial charge on any atom is 0.107 e. The number of aliphatic hydroxyl groups is 2. The lowest BCUT2D eigenvalue weighted by molar-refractivity contribution is -0.0457. The molecule has 2 unspecified atom stereocenters. The third kappa shape index (κ3) is 2.89. The minimum Gasteiger partial charge on any atom is -0.390 e. The van der Waals surface area contributed by atoms with Gasteiger partial charge in [-0.1, -0.05) is 56.1 Å². The second kappa shape index (κ2) is 4.92. The molecule has 16 heavy (non-hydrogen) atoms. The summed E-state index contributed by atoms with van der Waals surface area (Å²) in [5.41, 5.74) is 0.0296. The Bertz CT molecular complexity index is 372. The van der Waals surface area contributed by atoms with E-state index in [1.807, 2.05) is 20.8 Å². The molecule has 0 aromatic heterocycles. The maximum atomic E-state index is 10.0. The molecule has 0 heterocycles. The van der Waals surface area contributed by atoms with Gasteiger partial charge in [0.25, 0.3) is 0 Å². The van der Waals surface area contributed by atoms with Gasteiger partial charge >= 0.3 is 0 Å². The van der Waals surface area contributed by atoms with Crippen LogP contribution < -0.4 is 0 Å². The van der Waals surface area contributed by atoms with Crippen LogP contribution in [0.4, 0.5) is 0 Å². The lowest BCUT2D eigenvalue weighted by Crippen LogP contribution is -2.32. The summed E-state index contributed by atoms with van der Waals surface area (Å²) in [7, 11) is 0. The van der Waals surface area contributed by atoms with E-state index in [1.165, 1.54) is 0 Å². The zero-order valence-electron chi connectivity index (χ0n) is 9.54. The molecule has 1 aromatic carbocycles.